The van der Waals surface area contributed by atoms with Crippen LogP contribution in [0.5, 0.6) is 0 Å². The second-order valence-corrected chi connectivity index (χ2v) is 9.16. The van der Waals surface area contributed by atoms with Crippen molar-refractivity contribution in [3.8, 4) is 5.82 Å². The van der Waals surface area contributed by atoms with E-state index in [0.29, 0.717) is 13.2 Å². The summed E-state index contributed by atoms with van der Waals surface area (Å²) in [4.78, 5) is 16.2. The predicted octanol–water partition coefficient (Wildman–Crippen LogP) is 4.24. The SMILES string of the molecule is CCOC(=O)Cc1ccc(CC(C)(C)NC[C@H](O)c2ccc(-n3c(C)ccc3C)nc2)cc1. The highest BCUT2D eigenvalue weighted by Crippen LogP contribution is 2.19. The zero-order chi connectivity index (χ0) is 24.0. The number of aromatic nitrogens is 2. The normalized spacial score (nSPS) is 12.5. The number of hydrogen-bond donors (Lipinski definition) is 2. The summed E-state index contributed by atoms with van der Waals surface area (Å²) in [5.74, 6) is 0.646. The molecule has 0 aliphatic carbocycles. The Hall–Kier alpha value is -2.96. The topological polar surface area (TPSA) is 76.4 Å². The first-order chi connectivity index (χ1) is 15.7. The number of benzene rings is 1. The van der Waals surface area contributed by atoms with Gasteiger partial charge >= 0.3 is 5.97 Å². The summed E-state index contributed by atoms with van der Waals surface area (Å²) in [5, 5.41) is 14.2. The number of aliphatic hydroxyl groups excluding tert-OH is 1. The van der Waals surface area contributed by atoms with Gasteiger partial charge in [-0.1, -0.05) is 30.3 Å². The Morgan fingerprint density at radius 1 is 1.06 bits per heavy atom. The summed E-state index contributed by atoms with van der Waals surface area (Å²) >= 11 is 0. The Morgan fingerprint density at radius 2 is 1.70 bits per heavy atom. The fourth-order valence-electron chi connectivity index (χ4n) is 3.97. The van der Waals surface area contributed by atoms with Crippen LogP contribution < -0.4 is 5.32 Å². The van der Waals surface area contributed by atoms with E-state index in [2.05, 4.69) is 54.7 Å². The van der Waals surface area contributed by atoms with Crippen molar-refractivity contribution in [2.24, 2.45) is 0 Å². The lowest BCUT2D eigenvalue weighted by Gasteiger charge is -2.28. The number of nitrogens with zero attached hydrogens (tertiary/aromatic N) is 2. The van der Waals surface area contributed by atoms with E-state index in [1.54, 1.807) is 6.20 Å². The number of β-amino-alcohol motifs (C(OH)–C–C–N with tert-alkyl or cyclic N) is 1. The molecule has 0 radical (unpaired) electrons. The van der Waals surface area contributed by atoms with Gasteiger partial charge in [0.05, 0.1) is 19.1 Å². The second-order valence-electron chi connectivity index (χ2n) is 9.16. The number of pyridine rings is 1. The minimum Gasteiger partial charge on any atom is -0.466 e. The largest absolute Gasteiger partial charge is 0.466 e. The van der Waals surface area contributed by atoms with Crippen LogP contribution in [0.2, 0.25) is 0 Å². The first-order valence-electron chi connectivity index (χ1n) is 11.5. The Kier molecular flexibility index (Phi) is 8.06. The molecule has 3 aromatic rings. The van der Waals surface area contributed by atoms with Crippen molar-refractivity contribution in [1.29, 1.82) is 0 Å². The van der Waals surface area contributed by atoms with Crippen LogP contribution in [0.15, 0.2) is 54.7 Å². The number of esters is 1. The molecule has 6 nitrogen and oxygen atoms in total. The Balaban J connectivity index is 1.54. The third-order valence-corrected chi connectivity index (χ3v) is 5.75. The smallest absolute Gasteiger partial charge is 0.310 e. The van der Waals surface area contributed by atoms with Crippen LogP contribution >= 0.6 is 0 Å². The van der Waals surface area contributed by atoms with E-state index in [1.165, 1.54) is 0 Å². The molecule has 2 heterocycles. The van der Waals surface area contributed by atoms with Crippen LogP contribution in [0.25, 0.3) is 5.82 Å². The average molecular weight is 450 g/mol. The van der Waals surface area contributed by atoms with Crippen molar-refractivity contribution < 1.29 is 14.6 Å². The number of hydrogen-bond acceptors (Lipinski definition) is 5. The summed E-state index contributed by atoms with van der Waals surface area (Å²) in [6.07, 6.45) is 2.18. The summed E-state index contributed by atoms with van der Waals surface area (Å²) < 4.78 is 7.10. The number of carbonyl (C=O) groups is 1. The lowest BCUT2D eigenvalue weighted by Crippen LogP contribution is -2.43. The molecule has 0 bridgehead atoms. The number of aryl methyl sites for hydroxylation is 2. The minimum absolute atomic E-state index is 0.206. The van der Waals surface area contributed by atoms with Crippen molar-refractivity contribution in [3.63, 3.8) is 0 Å². The maximum Gasteiger partial charge on any atom is 0.310 e. The summed E-state index contributed by atoms with van der Waals surface area (Å²) in [6.45, 7) is 11.0. The molecule has 0 spiro atoms. The van der Waals surface area contributed by atoms with E-state index in [-0.39, 0.29) is 17.9 Å². The molecule has 0 saturated heterocycles. The van der Waals surface area contributed by atoms with E-state index < -0.39 is 6.10 Å². The molecular weight excluding hydrogens is 414 g/mol. The van der Waals surface area contributed by atoms with Gasteiger partial charge in [0.2, 0.25) is 0 Å². The molecule has 1 aromatic carbocycles. The number of aliphatic hydroxyl groups is 1. The van der Waals surface area contributed by atoms with Gasteiger partial charge in [-0.25, -0.2) is 4.98 Å². The summed E-state index contributed by atoms with van der Waals surface area (Å²) in [7, 11) is 0. The molecule has 2 aromatic heterocycles. The number of ether oxygens (including phenoxy) is 1. The highest BCUT2D eigenvalue weighted by molar-refractivity contribution is 5.72. The third-order valence-electron chi connectivity index (χ3n) is 5.75. The van der Waals surface area contributed by atoms with Crippen molar-refractivity contribution in [3.05, 3.63) is 82.8 Å². The molecule has 1 atom stereocenters. The molecule has 0 saturated carbocycles. The van der Waals surface area contributed by atoms with Gasteiger partial charge < -0.3 is 19.7 Å². The molecule has 6 heteroatoms. The van der Waals surface area contributed by atoms with Crippen molar-refractivity contribution in [2.45, 2.75) is 59.1 Å². The van der Waals surface area contributed by atoms with Gasteiger partial charge in [0.15, 0.2) is 0 Å². The first-order valence-corrected chi connectivity index (χ1v) is 11.5. The second kappa shape index (κ2) is 10.8. The van der Waals surface area contributed by atoms with E-state index in [0.717, 1.165) is 40.3 Å². The van der Waals surface area contributed by atoms with Crippen LogP contribution in [-0.4, -0.2) is 39.3 Å². The highest BCUT2D eigenvalue weighted by Gasteiger charge is 2.20. The zero-order valence-electron chi connectivity index (χ0n) is 20.3. The molecule has 3 rings (SSSR count). The Bertz CT molecular complexity index is 1030. The van der Waals surface area contributed by atoms with Gasteiger partial charge in [0.25, 0.3) is 0 Å². The first kappa shape index (κ1) is 24.7. The molecule has 0 fully saturated rings. The fraction of sp³-hybridized carbons (Fsp3) is 0.407. The minimum atomic E-state index is -0.648. The highest BCUT2D eigenvalue weighted by atomic mass is 16.5. The maximum absolute atomic E-state index is 11.6. The molecule has 176 valence electrons. The van der Waals surface area contributed by atoms with E-state index in [1.807, 2.05) is 43.3 Å². The third kappa shape index (κ3) is 6.76. The quantitative estimate of drug-likeness (QED) is 0.453. The van der Waals surface area contributed by atoms with Crippen LogP contribution in [-0.2, 0) is 22.4 Å². The van der Waals surface area contributed by atoms with Crippen LogP contribution in [0.3, 0.4) is 0 Å². The molecule has 0 aliphatic rings. The van der Waals surface area contributed by atoms with Gasteiger partial charge in [-0.2, -0.15) is 0 Å². The maximum atomic E-state index is 11.6. The molecular formula is C27H35N3O3. The average Bonchev–Trinajstić information content (AvgIpc) is 3.11. The molecule has 0 unspecified atom stereocenters. The van der Waals surface area contributed by atoms with Crippen molar-refractivity contribution in [2.75, 3.05) is 13.2 Å². The van der Waals surface area contributed by atoms with Crippen LogP contribution in [0, 0.1) is 13.8 Å². The standard InChI is InChI=1S/C27H35N3O3/c1-6-33-26(32)15-21-9-11-22(12-10-21)16-27(4,5)29-18-24(31)23-13-14-25(28-17-23)30-19(2)7-8-20(30)3/h7-14,17,24,29,31H,6,15-16,18H2,1-5H3/t24-/m0/s1. The van der Waals surface area contributed by atoms with Crippen LogP contribution in [0.4, 0.5) is 0 Å². The Labute approximate surface area is 196 Å². The lowest BCUT2D eigenvalue weighted by atomic mass is 9.93. The van der Waals surface area contributed by atoms with Gasteiger partial charge in [0.1, 0.15) is 5.82 Å². The summed E-state index contributed by atoms with van der Waals surface area (Å²) in [5.41, 5.74) is 4.94. The van der Waals surface area contributed by atoms with Crippen molar-refractivity contribution >= 4 is 5.97 Å². The van der Waals surface area contributed by atoms with E-state index >= 15 is 0 Å². The van der Waals surface area contributed by atoms with Gasteiger partial charge in [0, 0.05) is 35.2 Å². The Morgan fingerprint density at radius 3 is 2.27 bits per heavy atom. The zero-order valence-corrected chi connectivity index (χ0v) is 20.3. The van der Waals surface area contributed by atoms with Crippen molar-refractivity contribution in [1.82, 2.24) is 14.9 Å². The van der Waals surface area contributed by atoms with E-state index in [4.69, 9.17) is 4.74 Å². The van der Waals surface area contributed by atoms with E-state index in [9.17, 15) is 9.90 Å². The van der Waals surface area contributed by atoms with Gasteiger partial charge in [-0.05, 0) is 70.4 Å². The molecule has 0 aliphatic heterocycles. The molecule has 0 amide bonds. The van der Waals surface area contributed by atoms with Crippen LogP contribution in [0.1, 0.15) is 55.0 Å². The van der Waals surface area contributed by atoms with Gasteiger partial charge in [-0.15, -0.1) is 0 Å². The summed E-state index contributed by atoms with van der Waals surface area (Å²) in [6, 6.07) is 16.0. The fourth-order valence-corrected chi connectivity index (χ4v) is 3.97. The molecule has 33 heavy (non-hydrogen) atoms. The lowest BCUT2D eigenvalue weighted by molar-refractivity contribution is -0.142. The predicted molar refractivity (Wildman–Crippen MR) is 131 cm³/mol. The number of rotatable bonds is 10. The monoisotopic (exact) mass is 449 g/mol. The molecule has 2 N–H and O–H groups in total. The van der Waals surface area contributed by atoms with Gasteiger partial charge in [-0.3, -0.25) is 4.79 Å². The number of carbonyl (C=O) groups excluding carboxylic acids is 1. The number of nitrogens with one attached hydrogen (secondary N) is 1.